The van der Waals surface area contributed by atoms with Crippen LogP contribution in [0.4, 0.5) is 18.9 Å². The first-order chi connectivity index (χ1) is 6.60. The largest absolute Gasteiger partial charge is 0.416 e. The molecule has 15 heavy (non-hydrogen) atoms. The van der Waals surface area contributed by atoms with Crippen LogP contribution in [0.15, 0.2) is 23.1 Å². The fourth-order valence-electron chi connectivity index (χ4n) is 0.950. The lowest BCUT2D eigenvalue weighted by Gasteiger charge is -2.09. The molecule has 0 aromatic heterocycles. The van der Waals surface area contributed by atoms with Gasteiger partial charge in [-0.05, 0) is 18.2 Å². The van der Waals surface area contributed by atoms with Gasteiger partial charge in [0.15, 0.2) is 0 Å². The SMILES string of the molecule is Nc1cc(C(F)(F)F)cc(S(N)(=O)=O)c1. The quantitative estimate of drug-likeness (QED) is 0.716. The third-order valence-electron chi connectivity index (χ3n) is 1.58. The topological polar surface area (TPSA) is 86.2 Å². The number of anilines is 1. The molecule has 0 aliphatic carbocycles. The summed E-state index contributed by atoms with van der Waals surface area (Å²) in [6, 6.07) is 1.94. The van der Waals surface area contributed by atoms with E-state index in [-0.39, 0.29) is 5.69 Å². The zero-order chi connectivity index (χ0) is 11.9. The van der Waals surface area contributed by atoms with Crippen molar-refractivity contribution in [2.75, 3.05) is 5.73 Å². The molecule has 0 unspecified atom stereocenters. The van der Waals surface area contributed by atoms with Gasteiger partial charge in [0, 0.05) is 5.69 Å². The van der Waals surface area contributed by atoms with Gasteiger partial charge in [-0.3, -0.25) is 0 Å². The molecule has 1 aromatic carbocycles. The number of alkyl halides is 3. The highest BCUT2D eigenvalue weighted by Crippen LogP contribution is 2.31. The van der Waals surface area contributed by atoms with E-state index in [4.69, 9.17) is 5.73 Å². The lowest BCUT2D eigenvalue weighted by Crippen LogP contribution is -2.15. The summed E-state index contributed by atoms with van der Waals surface area (Å²) in [5, 5.41) is 4.69. The van der Waals surface area contributed by atoms with E-state index < -0.39 is 26.7 Å². The van der Waals surface area contributed by atoms with Crippen molar-refractivity contribution in [3.63, 3.8) is 0 Å². The molecular weight excluding hydrogens is 233 g/mol. The molecule has 0 saturated carbocycles. The van der Waals surface area contributed by atoms with Gasteiger partial charge < -0.3 is 5.73 Å². The lowest BCUT2D eigenvalue weighted by molar-refractivity contribution is -0.137. The van der Waals surface area contributed by atoms with Gasteiger partial charge in [0.25, 0.3) is 0 Å². The Bertz CT molecular complexity index is 481. The fraction of sp³-hybridized carbons (Fsp3) is 0.143. The number of benzene rings is 1. The summed E-state index contributed by atoms with van der Waals surface area (Å²) in [5.41, 5.74) is 3.67. The molecule has 0 atom stereocenters. The molecule has 1 aromatic rings. The second-order valence-electron chi connectivity index (χ2n) is 2.83. The van der Waals surface area contributed by atoms with Crippen LogP contribution >= 0.6 is 0 Å². The van der Waals surface area contributed by atoms with Crippen LogP contribution in [-0.2, 0) is 16.2 Å². The minimum Gasteiger partial charge on any atom is -0.399 e. The molecule has 0 fully saturated rings. The molecular formula is C7H7F3N2O2S. The summed E-state index contributed by atoms with van der Waals surface area (Å²) >= 11 is 0. The molecule has 0 spiro atoms. The van der Waals surface area contributed by atoms with Crippen molar-refractivity contribution in [2.45, 2.75) is 11.1 Å². The number of primary sulfonamides is 1. The molecule has 0 heterocycles. The van der Waals surface area contributed by atoms with Gasteiger partial charge in [-0.1, -0.05) is 0 Å². The third kappa shape index (κ3) is 2.83. The van der Waals surface area contributed by atoms with Crippen LogP contribution in [0.3, 0.4) is 0 Å². The van der Waals surface area contributed by atoms with E-state index in [1.807, 2.05) is 0 Å². The normalized spacial score (nSPS) is 12.8. The smallest absolute Gasteiger partial charge is 0.399 e. The first kappa shape index (κ1) is 11.8. The Labute approximate surface area is 83.7 Å². The van der Waals surface area contributed by atoms with E-state index in [9.17, 15) is 21.6 Å². The predicted molar refractivity (Wildman–Crippen MR) is 47.2 cm³/mol. The van der Waals surface area contributed by atoms with E-state index >= 15 is 0 Å². The zero-order valence-corrected chi connectivity index (χ0v) is 8.06. The summed E-state index contributed by atoms with van der Waals surface area (Å²) in [4.78, 5) is -0.658. The maximum atomic E-state index is 12.2. The van der Waals surface area contributed by atoms with Crippen LogP contribution in [-0.4, -0.2) is 8.42 Å². The Kier molecular flexibility index (Phi) is 2.66. The molecule has 0 aliphatic heterocycles. The standard InChI is InChI=1S/C7H7F3N2O2S/c8-7(9,10)4-1-5(11)3-6(2-4)15(12,13)14/h1-3H,11H2,(H2,12,13,14). The number of nitrogen functional groups attached to an aromatic ring is 1. The van der Waals surface area contributed by atoms with Gasteiger partial charge in [-0.2, -0.15) is 13.2 Å². The second-order valence-corrected chi connectivity index (χ2v) is 4.39. The number of hydrogen-bond acceptors (Lipinski definition) is 3. The fourth-order valence-corrected chi connectivity index (χ4v) is 1.54. The summed E-state index contributed by atoms with van der Waals surface area (Å²) in [5.74, 6) is 0. The van der Waals surface area contributed by atoms with Gasteiger partial charge in [0.05, 0.1) is 10.5 Å². The first-order valence-electron chi connectivity index (χ1n) is 3.61. The molecule has 0 aliphatic rings. The van der Waals surface area contributed by atoms with Crippen LogP contribution in [0.25, 0.3) is 0 Å². The van der Waals surface area contributed by atoms with Gasteiger partial charge in [-0.15, -0.1) is 0 Å². The molecule has 0 radical (unpaired) electrons. The Hall–Kier alpha value is -1.28. The first-order valence-corrected chi connectivity index (χ1v) is 5.16. The highest BCUT2D eigenvalue weighted by Gasteiger charge is 2.31. The highest BCUT2D eigenvalue weighted by molar-refractivity contribution is 7.89. The van der Waals surface area contributed by atoms with E-state index in [0.29, 0.717) is 12.1 Å². The van der Waals surface area contributed by atoms with Gasteiger partial charge in [-0.25, -0.2) is 13.6 Å². The zero-order valence-electron chi connectivity index (χ0n) is 7.25. The molecule has 84 valence electrons. The predicted octanol–water partition coefficient (Wildman–Crippen LogP) is 0.935. The van der Waals surface area contributed by atoms with Crippen LogP contribution in [0.2, 0.25) is 0 Å². The number of hydrogen-bond donors (Lipinski definition) is 2. The average Bonchev–Trinajstić information content (AvgIpc) is 1.99. The van der Waals surface area contributed by atoms with E-state index in [2.05, 4.69) is 5.14 Å². The molecule has 4 N–H and O–H groups in total. The molecule has 1 rings (SSSR count). The summed E-state index contributed by atoms with van der Waals surface area (Å²) in [6.07, 6.45) is -4.66. The monoisotopic (exact) mass is 240 g/mol. The van der Waals surface area contributed by atoms with Gasteiger partial charge in [0.1, 0.15) is 0 Å². The van der Waals surface area contributed by atoms with Gasteiger partial charge >= 0.3 is 6.18 Å². The number of halogens is 3. The van der Waals surface area contributed by atoms with Crippen molar-refractivity contribution in [1.29, 1.82) is 0 Å². The molecule has 0 saturated heterocycles. The van der Waals surface area contributed by atoms with Crippen LogP contribution in [0, 0.1) is 0 Å². The van der Waals surface area contributed by atoms with E-state index in [0.717, 1.165) is 6.07 Å². The van der Waals surface area contributed by atoms with E-state index in [1.165, 1.54) is 0 Å². The summed E-state index contributed by atoms with van der Waals surface area (Å²) < 4.78 is 58.4. The van der Waals surface area contributed by atoms with Crippen LogP contribution < -0.4 is 10.9 Å². The lowest BCUT2D eigenvalue weighted by atomic mass is 10.2. The Balaban J connectivity index is 3.43. The summed E-state index contributed by atoms with van der Waals surface area (Å²) in [7, 11) is -4.19. The number of nitrogens with two attached hydrogens (primary N) is 2. The van der Waals surface area contributed by atoms with Gasteiger partial charge in [0.2, 0.25) is 10.0 Å². The van der Waals surface area contributed by atoms with Crippen molar-refractivity contribution in [3.8, 4) is 0 Å². The van der Waals surface area contributed by atoms with Crippen molar-refractivity contribution >= 4 is 15.7 Å². The minimum atomic E-state index is -4.66. The Morgan fingerprint density at radius 2 is 1.67 bits per heavy atom. The third-order valence-corrected chi connectivity index (χ3v) is 2.48. The number of rotatable bonds is 1. The molecule has 0 amide bonds. The Morgan fingerprint density at radius 3 is 2.07 bits per heavy atom. The molecule has 0 bridgehead atoms. The van der Waals surface area contributed by atoms with Crippen LogP contribution in [0.5, 0.6) is 0 Å². The number of sulfonamides is 1. The Morgan fingerprint density at radius 1 is 1.13 bits per heavy atom. The van der Waals surface area contributed by atoms with Crippen molar-refractivity contribution < 1.29 is 21.6 Å². The second kappa shape index (κ2) is 3.38. The minimum absolute atomic E-state index is 0.311. The highest BCUT2D eigenvalue weighted by atomic mass is 32.2. The summed E-state index contributed by atoms with van der Waals surface area (Å²) in [6.45, 7) is 0. The molecule has 4 nitrogen and oxygen atoms in total. The average molecular weight is 240 g/mol. The van der Waals surface area contributed by atoms with E-state index in [1.54, 1.807) is 0 Å². The van der Waals surface area contributed by atoms with Crippen molar-refractivity contribution in [3.05, 3.63) is 23.8 Å². The maximum absolute atomic E-state index is 12.2. The van der Waals surface area contributed by atoms with Crippen molar-refractivity contribution in [2.24, 2.45) is 5.14 Å². The molecule has 8 heteroatoms. The van der Waals surface area contributed by atoms with Crippen LogP contribution in [0.1, 0.15) is 5.56 Å². The van der Waals surface area contributed by atoms with Crippen molar-refractivity contribution in [1.82, 2.24) is 0 Å². The maximum Gasteiger partial charge on any atom is 0.416 e.